The van der Waals surface area contributed by atoms with Gasteiger partial charge in [-0.3, -0.25) is 0 Å². The van der Waals surface area contributed by atoms with Gasteiger partial charge in [0.05, 0.1) is 6.61 Å². The quantitative estimate of drug-likeness (QED) is 0.627. The van der Waals surface area contributed by atoms with Crippen LogP contribution in [0.4, 0.5) is 0 Å². The van der Waals surface area contributed by atoms with Crippen LogP contribution in [-0.4, -0.2) is 47.0 Å². The Bertz CT molecular complexity index is 140. The first-order chi connectivity index (χ1) is 5.70. The molecule has 0 aromatic rings. The number of hydrogen-bond acceptors (Lipinski definition) is 3. The molecule has 0 aromatic carbocycles. The highest BCUT2D eigenvalue weighted by molar-refractivity contribution is 4.84. The molecular weight excluding hydrogens is 154 g/mol. The van der Waals surface area contributed by atoms with Crippen LogP contribution in [0.1, 0.15) is 26.2 Å². The van der Waals surface area contributed by atoms with E-state index in [2.05, 4.69) is 11.8 Å². The smallest absolute Gasteiger partial charge is 0.100 e. The van der Waals surface area contributed by atoms with E-state index in [1.54, 1.807) is 0 Å². The van der Waals surface area contributed by atoms with Crippen LogP contribution in [0.25, 0.3) is 0 Å². The van der Waals surface area contributed by atoms with Crippen LogP contribution in [0.3, 0.4) is 0 Å². The summed E-state index contributed by atoms with van der Waals surface area (Å²) in [5.74, 6) is 0. The van der Waals surface area contributed by atoms with Crippen molar-refractivity contribution < 1.29 is 10.2 Å². The number of aliphatic hydroxyl groups excluding tert-OH is 1. The largest absolute Gasteiger partial charge is 0.393 e. The van der Waals surface area contributed by atoms with Crippen LogP contribution >= 0.6 is 0 Å². The molecule has 0 aliphatic carbocycles. The fourth-order valence-electron chi connectivity index (χ4n) is 1.76. The van der Waals surface area contributed by atoms with Crippen LogP contribution in [-0.2, 0) is 0 Å². The van der Waals surface area contributed by atoms with Crippen molar-refractivity contribution in [3.63, 3.8) is 0 Å². The minimum absolute atomic E-state index is 0.108. The minimum Gasteiger partial charge on any atom is -0.393 e. The second-order valence-corrected chi connectivity index (χ2v) is 3.71. The third kappa shape index (κ3) is 2.44. The van der Waals surface area contributed by atoms with Crippen LogP contribution in [0, 0.1) is 0 Å². The van der Waals surface area contributed by atoms with Crippen molar-refractivity contribution in [1.29, 1.82) is 0 Å². The van der Waals surface area contributed by atoms with Gasteiger partial charge in [-0.2, -0.15) is 0 Å². The SMILES string of the molecule is CCN1CCCCC(O)(CO)C1. The van der Waals surface area contributed by atoms with Gasteiger partial charge < -0.3 is 15.1 Å². The third-order valence-corrected chi connectivity index (χ3v) is 2.63. The van der Waals surface area contributed by atoms with Crippen molar-refractivity contribution in [2.24, 2.45) is 0 Å². The summed E-state index contributed by atoms with van der Waals surface area (Å²) in [4.78, 5) is 2.20. The second-order valence-electron chi connectivity index (χ2n) is 3.71. The topological polar surface area (TPSA) is 43.7 Å². The number of likely N-dealkylation sites (tertiary alicyclic amines) is 1. The lowest BCUT2D eigenvalue weighted by atomic mass is 9.99. The maximum atomic E-state index is 9.87. The Morgan fingerprint density at radius 2 is 2.17 bits per heavy atom. The van der Waals surface area contributed by atoms with Gasteiger partial charge in [0.2, 0.25) is 0 Å². The molecular formula is C9H19NO2. The Labute approximate surface area is 74.0 Å². The second kappa shape index (κ2) is 4.21. The summed E-state index contributed by atoms with van der Waals surface area (Å²) in [5, 5.41) is 18.9. The Morgan fingerprint density at radius 1 is 1.42 bits per heavy atom. The summed E-state index contributed by atoms with van der Waals surface area (Å²) >= 11 is 0. The highest BCUT2D eigenvalue weighted by atomic mass is 16.3. The average molecular weight is 173 g/mol. The van der Waals surface area contributed by atoms with E-state index >= 15 is 0 Å². The Balaban J connectivity index is 2.52. The molecule has 1 atom stereocenters. The van der Waals surface area contributed by atoms with E-state index < -0.39 is 5.60 Å². The zero-order chi connectivity index (χ0) is 9.03. The monoisotopic (exact) mass is 173 g/mol. The Morgan fingerprint density at radius 3 is 2.75 bits per heavy atom. The molecule has 1 rings (SSSR count). The predicted molar refractivity (Wildman–Crippen MR) is 48.0 cm³/mol. The van der Waals surface area contributed by atoms with E-state index in [0.29, 0.717) is 6.54 Å². The molecule has 0 saturated carbocycles. The van der Waals surface area contributed by atoms with Gasteiger partial charge in [0.1, 0.15) is 5.60 Å². The fourth-order valence-corrected chi connectivity index (χ4v) is 1.76. The lowest BCUT2D eigenvalue weighted by molar-refractivity contribution is -0.0374. The molecule has 1 saturated heterocycles. The van der Waals surface area contributed by atoms with Crippen molar-refractivity contribution in [2.75, 3.05) is 26.2 Å². The predicted octanol–water partition coefficient (Wildman–Crippen LogP) is 0.216. The molecule has 0 radical (unpaired) electrons. The van der Waals surface area contributed by atoms with Gasteiger partial charge in [-0.05, 0) is 32.4 Å². The molecule has 1 aliphatic heterocycles. The van der Waals surface area contributed by atoms with Crippen molar-refractivity contribution >= 4 is 0 Å². The molecule has 3 nitrogen and oxygen atoms in total. The minimum atomic E-state index is -0.841. The summed E-state index contributed by atoms with van der Waals surface area (Å²) in [6.45, 7) is 4.62. The molecule has 3 heteroatoms. The normalized spacial score (nSPS) is 33.2. The number of aliphatic hydroxyl groups is 2. The standard InChI is InChI=1S/C9H19NO2/c1-2-10-6-4-3-5-9(12,7-10)8-11/h11-12H,2-8H2,1H3. The van der Waals surface area contributed by atoms with Gasteiger partial charge in [0, 0.05) is 6.54 Å². The number of β-amino-alcohol motifs (C(OH)–C–C–N with tert-alkyl or cyclic N) is 1. The van der Waals surface area contributed by atoms with Crippen LogP contribution in [0.15, 0.2) is 0 Å². The van der Waals surface area contributed by atoms with Gasteiger partial charge in [-0.25, -0.2) is 0 Å². The first kappa shape index (κ1) is 9.96. The molecule has 0 aromatic heterocycles. The van der Waals surface area contributed by atoms with Gasteiger partial charge in [0.25, 0.3) is 0 Å². The summed E-state index contributed by atoms with van der Waals surface area (Å²) < 4.78 is 0. The first-order valence-corrected chi connectivity index (χ1v) is 4.76. The molecule has 0 spiro atoms. The van der Waals surface area contributed by atoms with Crippen molar-refractivity contribution in [1.82, 2.24) is 4.90 Å². The van der Waals surface area contributed by atoms with Gasteiger partial charge in [-0.1, -0.05) is 6.92 Å². The van der Waals surface area contributed by atoms with Gasteiger partial charge in [-0.15, -0.1) is 0 Å². The van der Waals surface area contributed by atoms with Crippen LogP contribution in [0.5, 0.6) is 0 Å². The number of rotatable bonds is 2. The van der Waals surface area contributed by atoms with E-state index in [1.165, 1.54) is 0 Å². The third-order valence-electron chi connectivity index (χ3n) is 2.63. The number of hydrogen-bond donors (Lipinski definition) is 2. The first-order valence-electron chi connectivity index (χ1n) is 4.76. The van der Waals surface area contributed by atoms with Gasteiger partial charge in [0.15, 0.2) is 0 Å². The highest BCUT2D eigenvalue weighted by Gasteiger charge is 2.29. The molecule has 1 fully saturated rings. The van der Waals surface area contributed by atoms with Gasteiger partial charge >= 0.3 is 0 Å². The number of likely N-dealkylation sites (N-methyl/N-ethyl adjacent to an activating group) is 1. The van der Waals surface area contributed by atoms with E-state index in [0.717, 1.165) is 32.4 Å². The van der Waals surface area contributed by atoms with Crippen molar-refractivity contribution in [3.05, 3.63) is 0 Å². The van der Waals surface area contributed by atoms with E-state index in [9.17, 15) is 5.11 Å². The summed E-state index contributed by atoms with van der Waals surface area (Å²) in [7, 11) is 0. The zero-order valence-electron chi connectivity index (χ0n) is 7.79. The summed E-state index contributed by atoms with van der Waals surface area (Å²) in [6.07, 6.45) is 2.89. The van der Waals surface area contributed by atoms with Crippen LogP contribution in [0.2, 0.25) is 0 Å². The summed E-state index contributed by atoms with van der Waals surface area (Å²) in [5.41, 5.74) is -0.841. The molecule has 0 bridgehead atoms. The molecule has 1 unspecified atom stereocenters. The molecule has 12 heavy (non-hydrogen) atoms. The molecule has 1 aliphatic rings. The number of nitrogens with zero attached hydrogens (tertiary/aromatic N) is 1. The van der Waals surface area contributed by atoms with E-state index in [-0.39, 0.29) is 6.61 Å². The van der Waals surface area contributed by atoms with E-state index in [1.807, 2.05) is 0 Å². The Hall–Kier alpha value is -0.120. The highest BCUT2D eigenvalue weighted by Crippen LogP contribution is 2.19. The fraction of sp³-hybridized carbons (Fsp3) is 1.00. The average Bonchev–Trinajstić information content (AvgIpc) is 2.28. The lowest BCUT2D eigenvalue weighted by Gasteiger charge is -2.29. The molecule has 1 heterocycles. The summed E-state index contributed by atoms with van der Waals surface area (Å²) in [6, 6.07) is 0. The van der Waals surface area contributed by atoms with E-state index in [4.69, 9.17) is 5.11 Å². The maximum absolute atomic E-state index is 9.87. The molecule has 2 N–H and O–H groups in total. The Kier molecular flexibility index (Phi) is 3.50. The lowest BCUT2D eigenvalue weighted by Crippen LogP contribution is -2.44. The molecule has 0 amide bonds. The van der Waals surface area contributed by atoms with Crippen LogP contribution < -0.4 is 0 Å². The molecule has 72 valence electrons. The maximum Gasteiger partial charge on any atom is 0.100 e. The zero-order valence-corrected chi connectivity index (χ0v) is 7.79. The van der Waals surface area contributed by atoms with Crippen molar-refractivity contribution in [2.45, 2.75) is 31.8 Å². The van der Waals surface area contributed by atoms with Crippen molar-refractivity contribution in [3.8, 4) is 0 Å².